The van der Waals surface area contributed by atoms with Crippen LogP contribution in [0.3, 0.4) is 0 Å². The van der Waals surface area contributed by atoms with Crippen molar-refractivity contribution in [1.29, 1.82) is 0 Å². The Bertz CT molecular complexity index is 441. The SMILES string of the molecule is CC(C)(c1ccccc1)[Si](Br)(Br)[Si](Br)(Br)[Si](Br)(Br)Br. The lowest BCUT2D eigenvalue weighted by Crippen LogP contribution is -2.66. The van der Waals surface area contributed by atoms with E-state index in [0.717, 1.165) is 0 Å². The second-order valence-electron chi connectivity index (χ2n) is 4.64. The summed E-state index contributed by atoms with van der Waals surface area (Å²) < 4.78 is -3.85. The molecule has 0 radical (unpaired) electrons. The second-order valence-corrected chi connectivity index (χ2v) is 80.4. The van der Waals surface area contributed by atoms with Gasteiger partial charge >= 0.3 is 0 Å². The Morgan fingerprint density at radius 3 is 1.58 bits per heavy atom. The normalized spacial score (nSPS) is 14.6. The standard InChI is InChI=1S/C9H11Br7Si3/c1-9(2,8-6-4-3-5-7-8)17(10,11)19(15,16)18(12,13)14/h3-7H,1-2H3. The van der Waals surface area contributed by atoms with Crippen LogP contribution in [-0.2, 0) is 5.04 Å². The van der Waals surface area contributed by atoms with Crippen molar-refractivity contribution in [3.8, 4) is 0 Å². The molecule has 1 rings (SSSR count). The molecule has 0 aromatic heterocycles. The predicted octanol–water partition coefficient (Wildman–Crippen LogP) is 7.25. The number of halogens is 7. The van der Waals surface area contributed by atoms with Crippen LogP contribution < -0.4 is 0 Å². The van der Waals surface area contributed by atoms with Crippen molar-refractivity contribution in [2.75, 3.05) is 0 Å². The summed E-state index contributed by atoms with van der Waals surface area (Å²) >= 11 is 27.6. The average molecular weight is 763 g/mol. The molecule has 0 atom stereocenters. The van der Waals surface area contributed by atoms with Gasteiger partial charge < -0.3 is 0 Å². The van der Waals surface area contributed by atoms with Crippen molar-refractivity contribution in [2.24, 2.45) is 0 Å². The summed E-state index contributed by atoms with van der Waals surface area (Å²) in [5, 5.41) is 0.0149. The molecule has 0 bridgehead atoms. The number of benzene rings is 1. The molecule has 0 saturated heterocycles. The lowest BCUT2D eigenvalue weighted by molar-refractivity contribution is 0.754. The molecule has 10 heteroatoms. The van der Waals surface area contributed by atoms with Gasteiger partial charge in [0.05, 0.1) is 0 Å². The zero-order valence-electron chi connectivity index (χ0n) is 10.0. The third kappa shape index (κ3) is 4.01. The third-order valence-electron chi connectivity index (χ3n) is 3.03. The minimum Gasteiger partial charge on any atom is -0.113 e. The van der Waals surface area contributed by atoms with Crippen LogP contribution in [0, 0.1) is 0 Å². The molecule has 0 spiro atoms. The number of hydrogen-bond acceptors (Lipinski definition) is 0. The van der Waals surface area contributed by atoms with Gasteiger partial charge in [-0.1, -0.05) is 90.1 Å². The topological polar surface area (TPSA) is 0 Å². The molecule has 108 valence electrons. The first kappa shape index (κ1) is 20.3. The summed E-state index contributed by atoms with van der Waals surface area (Å²) in [4.78, 5) is -2.02. The van der Waals surface area contributed by atoms with E-state index < -0.39 is 12.6 Å². The molecule has 0 heterocycles. The summed E-state index contributed by atoms with van der Waals surface area (Å²) in [7, 11) is 0. The monoisotopic (exact) mass is 755 g/mol. The van der Waals surface area contributed by atoms with E-state index in [-0.39, 0.29) is 5.04 Å². The molecule has 1 aromatic carbocycles. The van der Waals surface area contributed by atoms with Gasteiger partial charge in [0.1, 0.15) is 0 Å². The van der Waals surface area contributed by atoms with Gasteiger partial charge in [0.15, 0.2) is 0 Å². The third-order valence-corrected chi connectivity index (χ3v) is 138. The summed E-state index contributed by atoms with van der Waals surface area (Å²) in [6.07, 6.45) is 0. The Morgan fingerprint density at radius 1 is 0.789 bits per heavy atom. The van der Waals surface area contributed by atoms with Gasteiger partial charge in [-0.15, -0.1) is 61.2 Å². The predicted molar refractivity (Wildman–Crippen MR) is 119 cm³/mol. The summed E-state index contributed by atoms with van der Waals surface area (Å²) in [5.74, 6) is 0. The van der Waals surface area contributed by atoms with E-state index in [0.29, 0.717) is 0 Å². The van der Waals surface area contributed by atoms with E-state index in [1.54, 1.807) is 0 Å². The molecular formula is C9H11Br7Si3. The lowest BCUT2D eigenvalue weighted by Gasteiger charge is -2.45. The fourth-order valence-electron chi connectivity index (χ4n) is 1.61. The van der Waals surface area contributed by atoms with Gasteiger partial charge in [-0.2, -0.15) is 0 Å². The van der Waals surface area contributed by atoms with Crippen LogP contribution in [0.4, 0.5) is 0 Å². The molecule has 0 aliphatic heterocycles. The van der Waals surface area contributed by atoms with Gasteiger partial charge in [0, 0.05) is 5.04 Å². The lowest BCUT2D eigenvalue weighted by atomic mass is 10.0. The Balaban J connectivity index is 3.34. The van der Waals surface area contributed by atoms with Crippen LogP contribution in [0.15, 0.2) is 30.3 Å². The van der Waals surface area contributed by atoms with E-state index in [1.165, 1.54) is 5.56 Å². The maximum absolute atomic E-state index is 4.07. The van der Waals surface area contributed by atoms with E-state index in [1.807, 2.05) is 0 Å². The van der Waals surface area contributed by atoms with Crippen LogP contribution in [0.2, 0.25) is 0 Å². The molecule has 0 aliphatic carbocycles. The first-order valence-corrected chi connectivity index (χ1v) is 29.0. The maximum atomic E-state index is 4.07. The van der Waals surface area contributed by atoms with Gasteiger partial charge in [-0.3, -0.25) is 0 Å². The highest BCUT2D eigenvalue weighted by Gasteiger charge is 2.68. The molecular weight excluding hydrogens is 752 g/mol. The molecule has 0 N–H and O–H groups in total. The van der Waals surface area contributed by atoms with Gasteiger partial charge in [0.25, 0.3) is 3.45 Å². The molecule has 0 nitrogen and oxygen atoms in total. The van der Waals surface area contributed by atoms with Crippen molar-refractivity contribution in [3.63, 3.8) is 0 Å². The fraction of sp³-hybridized carbons (Fsp3) is 0.333. The minimum atomic E-state index is -2.02. The molecule has 0 saturated carbocycles. The van der Waals surface area contributed by atoms with Crippen LogP contribution >= 0.6 is 107 Å². The van der Waals surface area contributed by atoms with Crippen molar-refractivity contribution in [2.45, 2.75) is 18.9 Å². The Hall–Kier alpha value is 3.23. The highest BCUT2D eigenvalue weighted by Crippen LogP contribution is 2.58. The molecule has 0 fully saturated rings. The largest absolute Gasteiger partial charge is 0.278 e. The summed E-state index contributed by atoms with van der Waals surface area (Å²) in [6.45, 7) is 4.57. The highest BCUT2D eigenvalue weighted by molar-refractivity contribution is 9.84. The first-order valence-electron chi connectivity index (χ1n) is 5.23. The Labute approximate surface area is 171 Å². The minimum absolute atomic E-state index is 0.0149. The number of hydrogen-bond donors (Lipinski definition) is 0. The summed E-state index contributed by atoms with van der Waals surface area (Å²) in [6, 6.07) is 10.6. The molecule has 19 heavy (non-hydrogen) atoms. The van der Waals surface area contributed by atoms with Gasteiger partial charge in [0.2, 0.25) is 9.18 Å². The van der Waals surface area contributed by atoms with E-state index in [9.17, 15) is 0 Å². The van der Waals surface area contributed by atoms with Crippen molar-refractivity contribution < 1.29 is 0 Å². The van der Waals surface area contributed by atoms with Crippen LogP contribution in [0.25, 0.3) is 0 Å². The summed E-state index contributed by atoms with van der Waals surface area (Å²) in [5.41, 5.74) is 1.33. The van der Waals surface area contributed by atoms with Crippen molar-refractivity contribution in [3.05, 3.63) is 35.9 Å². The van der Waals surface area contributed by atoms with Crippen LogP contribution in [-0.4, -0.2) is 12.6 Å². The fourth-order valence-corrected chi connectivity index (χ4v) is 107. The first-order chi connectivity index (χ1) is 8.36. The molecule has 1 aromatic rings. The van der Waals surface area contributed by atoms with E-state index in [2.05, 4.69) is 151 Å². The van der Waals surface area contributed by atoms with E-state index >= 15 is 0 Å². The smallest absolute Gasteiger partial charge is 0.113 e. The molecule has 0 amide bonds. The Morgan fingerprint density at radius 2 is 1.21 bits per heavy atom. The van der Waals surface area contributed by atoms with Crippen molar-refractivity contribution >= 4 is 120 Å². The van der Waals surface area contributed by atoms with E-state index in [4.69, 9.17) is 0 Å². The van der Waals surface area contributed by atoms with Gasteiger partial charge in [-0.25, -0.2) is 0 Å². The highest BCUT2D eigenvalue weighted by atomic mass is 80.0. The van der Waals surface area contributed by atoms with Crippen LogP contribution in [0.1, 0.15) is 19.4 Å². The maximum Gasteiger partial charge on any atom is 0.278 e. The zero-order chi connectivity index (χ0) is 15.1. The van der Waals surface area contributed by atoms with Crippen molar-refractivity contribution in [1.82, 2.24) is 0 Å². The molecule has 0 aliphatic rings. The second kappa shape index (κ2) is 7.00. The number of rotatable bonds is 4. The zero-order valence-corrected chi connectivity index (χ0v) is 24.1. The average Bonchev–Trinajstić information content (AvgIpc) is 2.28. The van der Waals surface area contributed by atoms with Crippen LogP contribution in [0.5, 0.6) is 0 Å². The molecule has 0 unspecified atom stereocenters. The van der Waals surface area contributed by atoms with Gasteiger partial charge in [-0.05, 0) is 5.56 Å². The Kier molecular flexibility index (Phi) is 7.47. The quantitative estimate of drug-likeness (QED) is 0.224.